The largest absolute Gasteiger partial charge is 0.383 e. The molecule has 6 heteroatoms. The molecule has 1 aromatic heterocycles. The predicted molar refractivity (Wildman–Crippen MR) is 78.1 cm³/mol. The van der Waals surface area contributed by atoms with Gasteiger partial charge in [-0.15, -0.1) is 0 Å². The minimum Gasteiger partial charge on any atom is -0.383 e. The fourth-order valence-corrected chi connectivity index (χ4v) is 1.77. The van der Waals surface area contributed by atoms with E-state index in [0.717, 1.165) is 23.9 Å². The molecule has 0 saturated carbocycles. The van der Waals surface area contributed by atoms with Crippen LogP contribution in [0.4, 0.5) is 17.3 Å². The van der Waals surface area contributed by atoms with Crippen LogP contribution in [0.3, 0.4) is 0 Å². The third-order valence-electron chi connectivity index (χ3n) is 2.71. The maximum absolute atomic E-state index is 10.9. The van der Waals surface area contributed by atoms with Gasteiger partial charge in [0.2, 0.25) is 11.9 Å². The Morgan fingerprint density at radius 3 is 2.65 bits per heavy atom. The monoisotopic (exact) mass is 274 g/mol. The summed E-state index contributed by atoms with van der Waals surface area (Å²) in [5.74, 6) is 0.676. The molecule has 1 aromatic carbocycles. The number of anilines is 3. The van der Waals surface area contributed by atoms with Gasteiger partial charge < -0.3 is 19.9 Å². The van der Waals surface area contributed by atoms with Gasteiger partial charge in [0, 0.05) is 44.3 Å². The minimum absolute atomic E-state index is 0.0826. The third kappa shape index (κ3) is 3.83. The van der Waals surface area contributed by atoms with Crippen molar-refractivity contribution in [1.82, 2.24) is 9.55 Å². The van der Waals surface area contributed by atoms with Crippen LogP contribution in [0.5, 0.6) is 0 Å². The number of benzene rings is 1. The molecule has 6 nitrogen and oxygen atoms in total. The summed E-state index contributed by atoms with van der Waals surface area (Å²) in [6, 6.07) is 7.46. The summed E-state index contributed by atoms with van der Waals surface area (Å²) < 4.78 is 7.03. The van der Waals surface area contributed by atoms with E-state index in [1.165, 1.54) is 6.92 Å². The number of rotatable bonds is 6. The standard InChI is InChI=1S/C14H18N4O2/c1-11(19)16-12-3-5-13(6-4-12)17-14-15-7-8-18(14)9-10-20-2/h3-8H,9-10H2,1-2H3,(H,15,17)(H,16,19). The normalized spacial score (nSPS) is 10.3. The van der Waals surface area contributed by atoms with Crippen LogP contribution in [-0.4, -0.2) is 29.2 Å². The van der Waals surface area contributed by atoms with Gasteiger partial charge in [-0.05, 0) is 24.3 Å². The summed E-state index contributed by atoms with van der Waals surface area (Å²) in [5, 5.41) is 5.95. The van der Waals surface area contributed by atoms with Crippen LogP contribution in [0.15, 0.2) is 36.7 Å². The number of methoxy groups -OCH3 is 1. The van der Waals surface area contributed by atoms with Crippen molar-refractivity contribution in [2.45, 2.75) is 13.5 Å². The molecule has 0 fully saturated rings. The van der Waals surface area contributed by atoms with Gasteiger partial charge in [0.25, 0.3) is 0 Å². The highest BCUT2D eigenvalue weighted by atomic mass is 16.5. The lowest BCUT2D eigenvalue weighted by Crippen LogP contribution is -2.07. The number of nitrogens with zero attached hydrogens (tertiary/aromatic N) is 2. The molecule has 2 N–H and O–H groups in total. The zero-order chi connectivity index (χ0) is 14.4. The second-order valence-corrected chi connectivity index (χ2v) is 4.32. The van der Waals surface area contributed by atoms with E-state index >= 15 is 0 Å². The molecule has 1 amide bonds. The Morgan fingerprint density at radius 2 is 2.00 bits per heavy atom. The van der Waals surface area contributed by atoms with Crippen LogP contribution < -0.4 is 10.6 Å². The maximum Gasteiger partial charge on any atom is 0.221 e. The number of nitrogens with one attached hydrogen (secondary N) is 2. The molecule has 0 unspecified atom stereocenters. The third-order valence-corrected chi connectivity index (χ3v) is 2.71. The molecule has 0 radical (unpaired) electrons. The van der Waals surface area contributed by atoms with Gasteiger partial charge in [-0.3, -0.25) is 4.79 Å². The van der Waals surface area contributed by atoms with E-state index in [0.29, 0.717) is 6.61 Å². The van der Waals surface area contributed by atoms with Gasteiger partial charge in [-0.2, -0.15) is 0 Å². The molecule has 20 heavy (non-hydrogen) atoms. The first-order valence-electron chi connectivity index (χ1n) is 6.34. The summed E-state index contributed by atoms with van der Waals surface area (Å²) >= 11 is 0. The Balaban J connectivity index is 2.02. The zero-order valence-corrected chi connectivity index (χ0v) is 11.6. The Labute approximate surface area is 117 Å². The van der Waals surface area contributed by atoms with Crippen LogP contribution in [0.25, 0.3) is 0 Å². The number of hydrogen-bond donors (Lipinski definition) is 2. The van der Waals surface area contributed by atoms with Crippen molar-refractivity contribution >= 4 is 23.2 Å². The van der Waals surface area contributed by atoms with Gasteiger partial charge in [0.05, 0.1) is 6.61 Å². The second kappa shape index (κ2) is 6.72. The summed E-state index contributed by atoms with van der Waals surface area (Å²) in [6.45, 7) is 2.86. The lowest BCUT2D eigenvalue weighted by atomic mass is 10.3. The average Bonchev–Trinajstić information content (AvgIpc) is 2.85. The Bertz CT molecular complexity index is 563. The van der Waals surface area contributed by atoms with Gasteiger partial charge in [-0.25, -0.2) is 4.98 Å². The fourth-order valence-electron chi connectivity index (χ4n) is 1.77. The molecule has 2 rings (SSSR count). The summed E-state index contributed by atoms with van der Waals surface area (Å²) in [7, 11) is 1.67. The number of amides is 1. The van der Waals surface area contributed by atoms with Crippen LogP contribution in [0, 0.1) is 0 Å². The Hall–Kier alpha value is -2.34. The van der Waals surface area contributed by atoms with E-state index < -0.39 is 0 Å². The van der Waals surface area contributed by atoms with Gasteiger partial charge >= 0.3 is 0 Å². The van der Waals surface area contributed by atoms with E-state index in [9.17, 15) is 4.79 Å². The van der Waals surface area contributed by atoms with Crippen LogP contribution >= 0.6 is 0 Å². The van der Waals surface area contributed by atoms with Gasteiger partial charge in [0.15, 0.2) is 0 Å². The van der Waals surface area contributed by atoms with Gasteiger partial charge in [-0.1, -0.05) is 0 Å². The first-order valence-corrected chi connectivity index (χ1v) is 6.34. The molecule has 0 aliphatic carbocycles. The molecule has 0 spiro atoms. The van der Waals surface area contributed by atoms with Crippen LogP contribution in [-0.2, 0) is 16.1 Å². The van der Waals surface area contributed by atoms with E-state index in [-0.39, 0.29) is 5.91 Å². The number of hydrogen-bond acceptors (Lipinski definition) is 4. The van der Waals surface area contributed by atoms with E-state index in [1.54, 1.807) is 13.3 Å². The average molecular weight is 274 g/mol. The second-order valence-electron chi connectivity index (χ2n) is 4.32. The molecule has 106 valence electrons. The minimum atomic E-state index is -0.0826. The summed E-state index contributed by atoms with van der Waals surface area (Å²) in [4.78, 5) is 15.2. The molecule has 0 aliphatic rings. The Kier molecular flexibility index (Phi) is 4.73. The number of aromatic nitrogens is 2. The summed E-state index contributed by atoms with van der Waals surface area (Å²) in [5.41, 5.74) is 1.68. The molecule has 2 aromatic rings. The predicted octanol–water partition coefficient (Wildman–Crippen LogP) is 2.23. The molecule has 0 saturated heterocycles. The van der Waals surface area contributed by atoms with Crippen molar-refractivity contribution in [3.8, 4) is 0 Å². The molecular formula is C14H18N4O2. The van der Waals surface area contributed by atoms with E-state index in [2.05, 4.69) is 15.6 Å². The highest BCUT2D eigenvalue weighted by Crippen LogP contribution is 2.17. The van der Waals surface area contributed by atoms with Crippen LogP contribution in [0.2, 0.25) is 0 Å². The topological polar surface area (TPSA) is 68.2 Å². The highest BCUT2D eigenvalue weighted by molar-refractivity contribution is 5.88. The van der Waals surface area contributed by atoms with E-state index in [4.69, 9.17) is 4.74 Å². The lowest BCUT2D eigenvalue weighted by molar-refractivity contribution is -0.114. The number of imidazole rings is 1. The molecule has 1 heterocycles. The van der Waals surface area contributed by atoms with Crippen molar-refractivity contribution in [2.24, 2.45) is 0 Å². The van der Waals surface area contributed by atoms with E-state index in [1.807, 2.05) is 35.0 Å². The number of ether oxygens (including phenoxy) is 1. The molecular weight excluding hydrogens is 256 g/mol. The first kappa shape index (κ1) is 14.1. The molecule has 0 atom stereocenters. The fraction of sp³-hybridized carbons (Fsp3) is 0.286. The highest BCUT2D eigenvalue weighted by Gasteiger charge is 2.03. The molecule has 0 bridgehead atoms. The lowest BCUT2D eigenvalue weighted by Gasteiger charge is -2.10. The van der Waals surface area contributed by atoms with Crippen molar-refractivity contribution in [3.63, 3.8) is 0 Å². The smallest absolute Gasteiger partial charge is 0.221 e. The van der Waals surface area contributed by atoms with Crippen LogP contribution in [0.1, 0.15) is 6.92 Å². The maximum atomic E-state index is 10.9. The Morgan fingerprint density at radius 1 is 1.30 bits per heavy atom. The SMILES string of the molecule is COCCn1ccnc1Nc1ccc(NC(C)=O)cc1. The van der Waals surface area contributed by atoms with Gasteiger partial charge in [0.1, 0.15) is 0 Å². The summed E-state index contributed by atoms with van der Waals surface area (Å²) in [6.07, 6.45) is 3.64. The number of carbonyl (C=O) groups excluding carboxylic acids is 1. The zero-order valence-electron chi connectivity index (χ0n) is 11.6. The van der Waals surface area contributed by atoms with Crippen molar-refractivity contribution < 1.29 is 9.53 Å². The first-order chi connectivity index (χ1) is 9.69. The molecule has 0 aliphatic heterocycles. The van der Waals surface area contributed by atoms with Crippen molar-refractivity contribution in [2.75, 3.05) is 24.4 Å². The number of carbonyl (C=O) groups is 1. The quantitative estimate of drug-likeness (QED) is 0.847. The van der Waals surface area contributed by atoms with Crippen molar-refractivity contribution in [1.29, 1.82) is 0 Å². The van der Waals surface area contributed by atoms with Crippen molar-refractivity contribution in [3.05, 3.63) is 36.7 Å².